The zero-order chi connectivity index (χ0) is 7.56. The molecule has 0 radical (unpaired) electrons. The van der Waals surface area contributed by atoms with Gasteiger partial charge in [-0.2, -0.15) is 11.8 Å². The molecular formula is C6H9FO2S. The van der Waals surface area contributed by atoms with Crippen LogP contribution in [0, 0.1) is 5.92 Å². The number of hydrogen-bond donors (Lipinski definition) is 1. The average molecular weight is 164 g/mol. The number of rotatable bonds is 3. The number of aliphatic carboxylic acids is 1. The summed E-state index contributed by atoms with van der Waals surface area (Å²) >= 11 is 1.67. The first-order valence-electron chi connectivity index (χ1n) is 3.13. The molecule has 1 fully saturated rings. The van der Waals surface area contributed by atoms with Crippen LogP contribution in [0.25, 0.3) is 0 Å². The quantitative estimate of drug-likeness (QED) is 0.680. The fourth-order valence-electron chi connectivity index (χ4n) is 0.796. The van der Waals surface area contributed by atoms with Crippen molar-refractivity contribution in [3.8, 4) is 0 Å². The van der Waals surface area contributed by atoms with Crippen molar-refractivity contribution in [3.63, 3.8) is 0 Å². The molecule has 1 aliphatic rings. The highest BCUT2D eigenvalue weighted by Crippen LogP contribution is 2.30. The number of hydrogen-bond acceptors (Lipinski definition) is 2. The number of carbonyl (C=O) groups is 1. The average Bonchev–Trinajstić information content (AvgIpc) is 1.55. The van der Waals surface area contributed by atoms with Crippen LogP contribution in [0.15, 0.2) is 0 Å². The topological polar surface area (TPSA) is 37.3 Å². The van der Waals surface area contributed by atoms with Crippen LogP contribution in [-0.2, 0) is 4.79 Å². The molecule has 4 heteroatoms. The third-order valence-electron chi connectivity index (χ3n) is 1.54. The van der Waals surface area contributed by atoms with Crippen LogP contribution in [0.3, 0.4) is 0 Å². The Labute approximate surface area is 62.8 Å². The Morgan fingerprint density at radius 3 is 2.70 bits per heavy atom. The molecule has 0 aromatic carbocycles. The van der Waals surface area contributed by atoms with Crippen molar-refractivity contribution >= 4 is 17.7 Å². The van der Waals surface area contributed by atoms with Gasteiger partial charge in [0.15, 0.2) is 0 Å². The van der Waals surface area contributed by atoms with E-state index in [0.717, 1.165) is 11.5 Å². The third-order valence-corrected chi connectivity index (χ3v) is 2.87. The summed E-state index contributed by atoms with van der Waals surface area (Å²) in [6.07, 6.45) is -1.45. The Bertz CT molecular complexity index is 136. The van der Waals surface area contributed by atoms with Crippen molar-refractivity contribution < 1.29 is 14.3 Å². The number of thioether (sulfide) groups is 1. The molecule has 0 aromatic rings. The molecule has 1 N–H and O–H groups in total. The van der Waals surface area contributed by atoms with Gasteiger partial charge >= 0.3 is 5.97 Å². The summed E-state index contributed by atoms with van der Waals surface area (Å²) in [5.74, 6) is 0.536. The van der Waals surface area contributed by atoms with Gasteiger partial charge < -0.3 is 5.11 Å². The summed E-state index contributed by atoms with van der Waals surface area (Å²) in [4.78, 5) is 10.0. The van der Waals surface area contributed by atoms with Crippen molar-refractivity contribution in [2.24, 2.45) is 5.92 Å². The highest BCUT2D eigenvalue weighted by molar-refractivity contribution is 8.00. The van der Waals surface area contributed by atoms with Crippen LogP contribution in [0.5, 0.6) is 0 Å². The first kappa shape index (κ1) is 7.85. The Morgan fingerprint density at radius 2 is 2.40 bits per heavy atom. The molecule has 0 saturated carbocycles. The fraction of sp³-hybridized carbons (Fsp3) is 0.833. The lowest BCUT2D eigenvalue weighted by Gasteiger charge is -2.27. The maximum Gasteiger partial charge on any atom is 0.306 e. The molecule has 1 atom stereocenters. The molecule has 2 nitrogen and oxygen atoms in total. The van der Waals surface area contributed by atoms with Crippen LogP contribution < -0.4 is 0 Å². The van der Waals surface area contributed by atoms with Crippen molar-refractivity contribution in [1.82, 2.24) is 0 Å². The minimum absolute atomic E-state index is 0.00102. The molecule has 1 rings (SSSR count). The standard InChI is InChI=1S/C6H9FO2S/c7-5(1-6(8)9)4-2-10-3-4/h4-5H,1-3H2,(H,8,9). The molecule has 0 bridgehead atoms. The molecule has 58 valence electrons. The van der Waals surface area contributed by atoms with Gasteiger partial charge in [-0.25, -0.2) is 4.39 Å². The van der Waals surface area contributed by atoms with Gasteiger partial charge in [0.05, 0.1) is 6.42 Å². The predicted octanol–water partition coefficient (Wildman–Crippen LogP) is 1.16. The van der Waals surface area contributed by atoms with E-state index in [2.05, 4.69) is 0 Å². The van der Waals surface area contributed by atoms with Crippen molar-refractivity contribution in [2.45, 2.75) is 12.6 Å². The summed E-state index contributed by atoms with van der Waals surface area (Å²) in [5, 5.41) is 8.21. The van der Waals surface area contributed by atoms with E-state index >= 15 is 0 Å². The highest BCUT2D eigenvalue weighted by Gasteiger charge is 2.29. The Morgan fingerprint density at radius 1 is 1.80 bits per heavy atom. The predicted molar refractivity (Wildman–Crippen MR) is 38.0 cm³/mol. The van der Waals surface area contributed by atoms with Gasteiger partial charge in [0.2, 0.25) is 0 Å². The fourth-order valence-corrected chi connectivity index (χ4v) is 1.72. The smallest absolute Gasteiger partial charge is 0.306 e. The zero-order valence-corrected chi connectivity index (χ0v) is 6.23. The largest absolute Gasteiger partial charge is 0.481 e. The summed E-state index contributed by atoms with van der Waals surface area (Å²) in [5.41, 5.74) is 0. The summed E-state index contributed by atoms with van der Waals surface area (Å²) in [7, 11) is 0. The van der Waals surface area contributed by atoms with E-state index in [-0.39, 0.29) is 12.3 Å². The van der Waals surface area contributed by atoms with Crippen molar-refractivity contribution in [1.29, 1.82) is 0 Å². The van der Waals surface area contributed by atoms with Gasteiger partial charge in [0, 0.05) is 5.92 Å². The molecule has 1 aliphatic heterocycles. The van der Waals surface area contributed by atoms with Crippen molar-refractivity contribution in [3.05, 3.63) is 0 Å². The molecule has 1 heterocycles. The van der Waals surface area contributed by atoms with E-state index in [1.165, 1.54) is 0 Å². The van der Waals surface area contributed by atoms with E-state index in [1.54, 1.807) is 11.8 Å². The highest BCUT2D eigenvalue weighted by atomic mass is 32.2. The van der Waals surface area contributed by atoms with Gasteiger partial charge in [-0.15, -0.1) is 0 Å². The minimum atomic E-state index is -1.13. The lowest BCUT2D eigenvalue weighted by atomic mass is 10.1. The van der Waals surface area contributed by atoms with Crippen LogP contribution in [0.2, 0.25) is 0 Å². The first-order valence-corrected chi connectivity index (χ1v) is 4.29. The van der Waals surface area contributed by atoms with Crippen LogP contribution >= 0.6 is 11.8 Å². The maximum absolute atomic E-state index is 12.7. The number of carboxylic acid groups (broad SMARTS) is 1. The molecule has 1 unspecified atom stereocenters. The molecule has 0 aromatic heterocycles. The Hall–Kier alpha value is -0.250. The van der Waals surface area contributed by atoms with E-state index in [4.69, 9.17) is 5.11 Å². The van der Waals surface area contributed by atoms with Crippen LogP contribution in [0.4, 0.5) is 4.39 Å². The van der Waals surface area contributed by atoms with E-state index in [9.17, 15) is 9.18 Å². The zero-order valence-electron chi connectivity index (χ0n) is 5.42. The summed E-state index contributed by atoms with van der Waals surface area (Å²) in [6.45, 7) is 0. The van der Waals surface area contributed by atoms with Gasteiger partial charge in [-0.05, 0) is 11.5 Å². The number of halogens is 1. The normalized spacial score (nSPS) is 21.7. The number of alkyl halides is 1. The number of carboxylic acids is 1. The van der Waals surface area contributed by atoms with Gasteiger partial charge in [0.25, 0.3) is 0 Å². The summed E-state index contributed by atoms with van der Waals surface area (Å²) < 4.78 is 12.7. The summed E-state index contributed by atoms with van der Waals surface area (Å²) in [6, 6.07) is 0. The van der Waals surface area contributed by atoms with E-state index < -0.39 is 12.1 Å². The van der Waals surface area contributed by atoms with Gasteiger partial charge in [-0.3, -0.25) is 4.79 Å². The lowest BCUT2D eigenvalue weighted by molar-refractivity contribution is -0.138. The maximum atomic E-state index is 12.7. The second-order valence-corrected chi connectivity index (χ2v) is 3.49. The van der Waals surface area contributed by atoms with E-state index in [0.29, 0.717) is 0 Å². The molecule has 0 amide bonds. The lowest BCUT2D eigenvalue weighted by Crippen LogP contribution is -2.30. The second-order valence-electron chi connectivity index (χ2n) is 2.41. The van der Waals surface area contributed by atoms with E-state index in [1.807, 2.05) is 0 Å². The molecule has 10 heavy (non-hydrogen) atoms. The third kappa shape index (κ3) is 1.87. The monoisotopic (exact) mass is 164 g/mol. The van der Waals surface area contributed by atoms with Gasteiger partial charge in [-0.1, -0.05) is 0 Å². The molecule has 1 saturated heterocycles. The SMILES string of the molecule is O=C(O)CC(F)C1CSC1. The van der Waals surface area contributed by atoms with Crippen LogP contribution in [-0.4, -0.2) is 28.8 Å². The van der Waals surface area contributed by atoms with Crippen LogP contribution in [0.1, 0.15) is 6.42 Å². The molecule has 0 spiro atoms. The van der Waals surface area contributed by atoms with Crippen molar-refractivity contribution in [2.75, 3.05) is 11.5 Å². The Kier molecular flexibility index (Phi) is 2.54. The Balaban J connectivity index is 2.19. The second kappa shape index (κ2) is 3.23. The van der Waals surface area contributed by atoms with Gasteiger partial charge in [0.1, 0.15) is 6.17 Å². The molecule has 0 aliphatic carbocycles. The molecular weight excluding hydrogens is 155 g/mol. The first-order chi connectivity index (χ1) is 4.70. The minimum Gasteiger partial charge on any atom is -0.481 e.